The fourth-order valence-corrected chi connectivity index (χ4v) is 10.1. The van der Waals surface area contributed by atoms with Gasteiger partial charge in [-0.1, -0.05) is 74.4 Å². The van der Waals surface area contributed by atoms with Crippen LogP contribution in [0.3, 0.4) is 0 Å². The molecule has 0 unspecified atom stereocenters. The molecule has 7 rings (SSSR count). The summed E-state index contributed by atoms with van der Waals surface area (Å²) in [5.41, 5.74) is 3.87. The van der Waals surface area contributed by atoms with Gasteiger partial charge in [-0.25, -0.2) is 6.07 Å². The minimum atomic E-state index is -2.44. The van der Waals surface area contributed by atoms with Crippen LogP contribution >= 0.6 is 17.0 Å². The Morgan fingerprint density at radius 2 is 1.10 bits per heavy atom. The zero-order chi connectivity index (χ0) is 27.6. The first-order valence-corrected chi connectivity index (χ1v) is 21.7. The van der Waals surface area contributed by atoms with Crippen LogP contribution in [0, 0.1) is 0 Å². The molecule has 1 aliphatic rings. The second kappa shape index (κ2) is 14.9. The average Bonchev–Trinajstić information content (AvgIpc) is 3.68. The zero-order valence-corrected chi connectivity index (χ0v) is 26.6. The molecule has 3 heteroatoms. The first kappa shape index (κ1) is 28.9. The van der Waals surface area contributed by atoms with E-state index >= 15 is 0 Å². The largest absolute Gasteiger partial charge is 0.210 e. The number of halogens is 2. The summed E-state index contributed by atoms with van der Waals surface area (Å²) in [4.78, 5) is 0. The fraction of sp³-hybridized carbons (Fsp3) is 0.162. The maximum absolute atomic E-state index is 6.24. The molecule has 0 amide bonds. The summed E-state index contributed by atoms with van der Waals surface area (Å²) in [6.45, 7) is 0. The summed E-state index contributed by atoms with van der Waals surface area (Å²) in [7, 11) is 12.5. The minimum Gasteiger partial charge on any atom is -0.210 e. The Morgan fingerprint density at radius 3 is 1.57 bits per heavy atom. The third kappa shape index (κ3) is 7.58. The summed E-state index contributed by atoms with van der Waals surface area (Å²) in [6, 6.07) is 48.4. The Labute approximate surface area is 253 Å². The van der Waals surface area contributed by atoms with Crippen LogP contribution in [-0.4, -0.2) is 3.21 Å². The van der Waals surface area contributed by atoms with Crippen molar-refractivity contribution in [2.45, 2.75) is 38.0 Å². The van der Waals surface area contributed by atoms with E-state index in [2.05, 4.69) is 103 Å². The van der Waals surface area contributed by atoms with Crippen LogP contribution in [0.5, 0.6) is 0 Å². The Kier molecular flexibility index (Phi) is 10.8. The standard InChI is InChI=1S/C13H9.C13H10.C11H15.2ClH.Zr/c1-3-7-12-10(5-1)9-11-6-2-4-8-13(11)12;1-3-7-12(8-4-1)11-13-9-5-2-6-10-13;1-2-6-10(7-3-1)11-8-4-5-9-11;;;/h1-9H;1-10H;4-5,8-10H,1-3,6-7H2;2*1H;/q-1;;-1;;;+2/p-2. The van der Waals surface area contributed by atoms with E-state index in [0.717, 1.165) is 20.3 Å². The van der Waals surface area contributed by atoms with Gasteiger partial charge in [0.2, 0.25) is 0 Å². The van der Waals surface area contributed by atoms with Crippen molar-refractivity contribution in [3.63, 3.8) is 0 Å². The first-order chi connectivity index (χ1) is 19.7. The fourth-order valence-electron chi connectivity index (χ4n) is 5.60. The Balaban J connectivity index is 0.000000123. The summed E-state index contributed by atoms with van der Waals surface area (Å²) < 4.78 is 1.15. The van der Waals surface area contributed by atoms with E-state index in [1.165, 1.54) is 53.6 Å². The van der Waals surface area contributed by atoms with Crippen molar-refractivity contribution in [2.75, 3.05) is 0 Å². The van der Waals surface area contributed by atoms with Crippen molar-refractivity contribution in [3.8, 4) is 0 Å². The smallest absolute Gasteiger partial charge is 0.0533 e. The van der Waals surface area contributed by atoms with E-state index in [4.69, 9.17) is 17.0 Å². The molecule has 0 nitrogen and oxygen atoms in total. The Bertz CT molecular complexity index is 1530. The zero-order valence-electron chi connectivity index (χ0n) is 22.6. The summed E-state index contributed by atoms with van der Waals surface area (Å²) in [6.07, 6.45) is 7.18. The number of rotatable bonds is 3. The first-order valence-electron chi connectivity index (χ1n) is 14.1. The second-order valence-corrected chi connectivity index (χ2v) is 18.4. The van der Waals surface area contributed by atoms with Gasteiger partial charge in [-0.2, -0.15) is 23.8 Å². The third-order valence-electron chi connectivity index (χ3n) is 7.60. The number of hydrogen-bond donors (Lipinski definition) is 0. The molecule has 202 valence electrons. The molecule has 0 aromatic heterocycles. The van der Waals surface area contributed by atoms with E-state index in [1.807, 2.05) is 36.4 Å². The molecule has 0 heterocycles. The van der Waals surface area contributed by atoms with Crippen LogP contribution in [-0.2, 0) is 18.9 Å². The van der Waals surface area contributed by atoms with Gasteiger partial charge in [0.1, 0.15) is 0 Å². The van der Waals surface area contributed by atoms with Crippen LogP contribution in [0.1, 0.15) is 54.7 Å². The van der Waals surface area contributed by atoms with E-state index in [-0.39, 0.29) is 0 Å². The SMILES string of the molecule is [Cl][Zr]([Cl])=[C](c1ccccc1)c1ccccc1.c1cc(C2CCCCC2)c[cH-]1.c1ccc2c(c1)[cH-]c1ccccc12. The van der Waals surface area contributed by atoms with Crippen molar-refractivity contribution in [1.29, 1.82) is 0 Å². The van der Waals surface area contributed by atoms with E-state index in [9.17, 15) is 0 Å². The van der Waals surface area contributed by atoms with Crippen LogP contribution in [0.15, 0.2) is 140 Å². The minimum absolute atomic E-state index is 0.888. The number of fused-ring (bicyclic) bond motifs is 3. The third-order valence-corrected chi connectivity index (χ3v) is 12.2. The van der Waals surface area contributed by atoms with Crippen LogP contribution in [0.2, 0.25) is 0 Å². The normalized spacial score (nSPS) is 13.2. The average molecular weight is 641 g/mol. The van der Waals surface area contributed by atoms with Gasteiger partial charge < -0.3 is 0 Å². The predicted molar refractivity (Wildman–Crippen MR) is 173 cm³/mol. The van der Waals surface area contributed by atoms with Crippen LogP contribution < -0.4 is 0 Å². The molecule has 0 aliphatic heterocycles. The number of hydrogen-bond acceptors (Lipinski definition) is 0. The van der Waals surface area contributed by atoms with Crippen LogP contribution in [0.4, 0.5) is 0 Å². The topological polar surface area (TPSA) is 0 Å². The van der Waals surface area contributed by atoms with Crippen molar-refractivity contribution >= 4 is 41.8 Å². The van der Waals surface area contributed by atoms with Gasteiger partial charge >= 0.3 is 111 Å². The van der Waals surface area contributed by atoms with Gasteiger partial charge in [0.25, 0.3) is 0 Å². The van der Waals surface area contributed by atoms with Crippen molar-refractivity contribution in [2.24, 2.45) is 0 Å². The van der Waals surface area contributed by atoms with Gasteiger partial charge in [0.15, 0.2) is 0 Å². The monoisotopic (exact) mass is 638 g/mol. The van der Waals surface area contributed by atoms with Crippen molar-refractivity contribution < 1.29 is 18.9 Å². The van der Waals surface area contributed by atoms with Crippen molar-refractivity contribution in [3.05, 3.63) is 156 Å². The molecular formula is C37H34Cl2Zr-2. The van der Waals surface area contributed by atoms with Gasteiger partial charge in [0, 0.05) is 0 Å². The molecular weight excluding hydrogens is 607 g/mol. The maximum Gasteiger partial charge on any atom is -0.0533 e. The predicted octanol–water partition coefficient (Wildman–Crippen LogP) is 11.3. The van der Waals surface area contributed by atoms with E-state index in [0.29, 0.717) is 0 Å². The quantitative estimate of drug-likeness (QED) is 0.169. The van der Waals surface area contributed by atoms with Crippen LogP contribution in [0.25, 0.3) is 21.5 Å². The molecule has 0 radical (unpaired) electrons. The molecule has 1 saturated carbocycles. The maximum atomic E-state index is 6.24. The molecule has 40 heavy (non-hydrogen) atoms. The Morgan fingerprint density at radius 1 is 0.600 bits per heavy atom. The van der Waals surface area contributed by atoms with E-state index < -0.39 is 18.9 Å². The summed E-state index contributed by atoms with van der Waals surface area (Å²) in [5.74, 6) is 0.888. The molecule has 0 spiro atoms. The van der Waals surface area contributed by atoms with Gasteiger partial charge in [-0.3, -0.25) is 0 Å². The summed E-state index contributed by atoms with van der Waals surface area (Å²) >= 11 is -2.44. The molecule has 6 aromatic carbocycles. The van der Waals surface area contributed by atoms with Gasteiger partial charge in [-0.05, 0) is 0 Å². The summed E-state index contributed by atoms with van der Waals surface area (Å²) in [5, 5.41) is 5.39. The van der Waals surface area contributed by atoms with E-state index in [1.54, 1.807) is 5.56 Å². The second-order valence-electron chi connectivity index (χ2n) is 10.2. The number of benzene rings is 4. The molecule has 0 saturated heterocycles. The Hall–Kier alpha value is -2.57. The molecule has 6 aromatic rings. The molecule has 0 atom stereocenters. The van der Waals surface area contributed by atoms with Gasteiger partial charge in [-0.15, -0.1) is 39.7 Å². The molecule has 1 fully saturated rings. The molecule has 1 aliphatic carbocycles. The van der Waals surface area contributed by atoms with Gasteiger partial charge in [0.05, 0.1) is 0 Å². The molecule has 0 bridgehead atoms. The van der Waals surface area contributed by atoms with Crippen molar-refractivity contribution in [1.82, 2.24) is 0 Å². The molecule has 0 N–H and O–H groups in total.